The summed E-state index contributed by atoms with van der Waals surface area (Å²) in [6.45, 7) is 50.5. The Labute approximate surface area is 824 Å². The normalized spacial score (nSPS) is 17.7. The number of aromatic amines is 2. The number of aromatic nitrogens is 4. The number of carbonyl (C=O) groups is 12. The Balaban J connectivity index is 1.04. The fraction of sp³-hybridized carbons (Fsp3) is 0.709. The predicted octanol–water partition coefficient (Wildman–Crippen LogP) is 9.12. The second-order valence-corrected chi connectivity index (χ2v) is 43.6. The number of hydrogen-bond acceptors (Lipinski definition) is 29. The monoisotopic (exact) mass is 1940 g/mol. The molecule has 8 bridgehead atoms. The van der Waals surface area contributed by atoms with E-state index in [4.69, 9.17) is 43.1 Å². The number of nitrogens with zero attached hydrogens (tertiary/aromatic N) is 11. The number of esters is 6. The Bertz CT molecular complexity index is 4710. The van der Waals surface area contributed by atoms with Gasteiger partial charge >= 0.3 is 35.8 Å². The van der Waals surface area contributed by atoms with Gasteiger partial charge in [-0.2, -0.15) is 0 Å². The number of ketones is 1. The molecule has 7 heterocycles. The average Bonchev–Trinajstić information content (AvgIpc) is 1.58. The number of amides is 5. The van der Waals surface area contributed by atoms with Gasteiger partial charge in [-0.25, -0.2) is 4.98 Å². The number of ether oxygens (including phenoxy) is 7. The van der Waals surface area contributed by atoms with Gasteiger partial charge in [0.25, 0.3) is 0 Å². The van der Waals surface area contributed by atoms with Crippen LogP contribution >= 0.6 is 0 Å². The van der Waals surface area contributed by atoms with Gasteiger partial charge in [-0.3, -0.25) is 102 Å². The molecule has 0 saturated carbocycles. The van der Waals surface area contributed by atoms with Gasteiger partial charge in [0, 0.05) is 201 Å². The molecular formula is C103H165N17O19. The summed E-state index contributed by atoms with van der Waals surface area (Å²) in [5, 5.41) is 11.6. The minimum atomic E-state index is -0.765. The summed E-state index contributed by atoms with van der Waals surface area (Å²) in [7, 11) is 0. The third kappa shape index (κ3) is 39.3. The third-order valence-electron chi connectivity index (χ3n) is 24.4. The van der Waals surface area contributed by atoms with Crippen molar-refractivity contribution in [3.05, 3.63) is 68.8 Å². The first-order chi connectivity index (χ1) is 65.0. The molecule has 8 rings (SSSR count). The largest absolute Gasteiger partial charge is 0.459 e. The molecule has 0 spiro atoms. The van der Waals surface area contributed by atoms with Crippen LogP contribution < -0.4 is 21.3 Å². The molecule has 3 atom stereocenters. The molecule has 2 unspecified atom stereocenters. The van der Waals surface area contributed by atoms with Crippen LogP contribution in [0.2, 0.25) is 0 Å². The highest BCUT2D eigenvalue weighted by Crippen LogP contribution is 2.45. The van der Waals surface area contributed by atoms with Gasteiger partial charge in [0.1, 0.15) is 46.7 Å². The van der Waals surface area contributed by atoms with E-state index < -0.39 is 118 Å². The van der Waals surface area contributed by atoms with E-state index in [0.717, 1.165) is 81.5 Å². The predicted molar refractivity (Wildman–Crippen MR) is 535 cm³/mol. The van der Waals surface area contributed by atoms with E-state index in [1.54, 1.807) is 125 Å². The topological polar surface area (TPSA) is 404 Å². The first-order valence-electron chi connectivity index (χ1n) is 50.0. The number of Topliss-reactive ketones (excluding diaryl/α,β-unsaturated/α-hetero) is 1. The van der Waals surface area contributed by atoms with E-state index in [-0.39, 0.29) is 116 Å². The van der Waals surface area contributed by atoms with Gasteiger partial charge in [-0.05, 0) is 212 Å². The summed E-state index contributed by atoms with van der Waals surface area (Å²) in [5.41, 5.74) is 7.68. The average molecular weight is 1950 g/mol. The summed E-state index contributed by atoms with van der Waals surface area (Å²) in [4.78, 5) is 203. The molecule has 5 aliphatic rings. The van der Waals surface area contributed by atoms with Crippen LogP contribution in [0.4, 0.5) is 0 Å². The lowest BCUT2D eigenvalue weighted by atomic mass is 9.85. The summed E-state index contributed by atoms with van der Waals surface area (Å²) in [5.74, 6) is -6.09. The highest BCUT2D eigenvalue weighted by atomic mass is 16.6. The van der Waals surface area contributed by atoms with Gasteiger partial charge in [0.05, 0.1) is 81.1 Å². The van der Waals surface area contributed by atoms with Crippen molar-refractivity contribution in [3.63, 3.8) is 0 Å². The van der Waals surface area contributed by atoms with Crippen LogP contribution in [0.5, 0.6) is 0 Å². The number of carbonyl (C=O) groups excluding carboxylic acids is 12. The van der Waals surface area contributed by atoms with Gasteiger partial charge in [-0.15, -0.1) is 0 Å². The zero-order chi connectivity index (χ0) is 103. The van der Waals surface area contributed by atoms with Crippen molar-refractivity contribution in [3.8, 4) is 0 Å². The van der Waals surface area contributed by atoms with Crippen LogP contribution in [0.25, 0.3) is 33.2 Å². The number of aryl methyl sites for hydroxylation is 2. The van der Waals surface area contributed by atoms with Crippen molar-refractivity contribution in [2.75, 3.05) is 203 Å². The van der Waals surface area contributed by atoms with Crippen molar-refractivity contribution in [2.24, 2.45) is 0 Å². The fourth-order valence-electron chi connectivity index (χ4n) is 17.8. The zero-order valence-electron chi connectivity index (χ0n) is 88.2. The second-order valence-electron chi connectivity index (χ2n) is 43.6. The summed E-state index contributed by atoms with van der Waals surface area (Å²) in [6.07, 6.45) is 4.69. The lowest BCUT2D eigenvalue weighted by Crippen LogP contribution is -2.51. The molecular weight excluding hydrogens is 1780 g/mol. The van der Waals surface area contributed by atoms with E-state index in [1.165, 1.54) is 4.90 Å². The summed E-state index contributed by atoms with van der Waals surface area (Å²) in [6, 6.07) is 6.18. The highest BCUT2D eigenvalue weighted by Gasteiger charge is 2.39. The van der Waals surface area contributed by atoms with Crippen LogP contribution in [0, 0.1) is 13.8 Å². The number of allylic oxidation sites excluding steroid dienone is 2. The Morgan fingerprint density at radius 1 is 0.439 bits per heavy atom. The lowest BCUT2D eigenvalue weighted by Gasteiger charge is -2.34. The number of fused-ring (bicyclic) bond motifs is 8. The van der Waals surface area contributed by atoms with Gasteiger partial charge in [0.15, 0.2) is 5.78 Å². The molecule has 6 N–H and O–H groups in total. The maximum Gasteiger partial charge on any atom is 0.320 e. The Hall–Kier alpha value is -9.66. The number of H-pyrrole nitrogens is 2. The van der Waals surface area contributed by atoms with Gasteiger partial charge < -0.3 is 69.3 Å². The van der Waals surface area contributed by atoms with Crippen molar-refractivity contribution < 1.29 is 90.7 Å². The smallest absolute Gasteiger partial charge is 0.320 e. The van der Waals surface area contributed by atoms with Crippen LogP contribution in [-0.4, -0.2) is 372 Å². The second kappa shape index (κ2) is 51.9. The molecule has 0 aromatic carbocycles. The van der Waals surface area contributed by atoms with E-state index in [9.17, 15) is 52.7 Å². The number of rotatable bonds is 37. The fourth-order valence-corrected chi connectivity index (χ4v) is 17.8. The molecule has 139 heavy (non-hydrogen) atoms. The SMILES string of the molecule is CCCCCCOC(C)c1c(C)c2cc3nc(c4c5[nH]c(cc6nc(cc1[nH]2)C(C)=C6CC)c(C)c5C(=O)C4)[C@@H](CCC(=O)N(CC(=O)NCCNC(=O)CN1CCN(CC(=O)OC(C)(C)C)CCN(CC(=O)OC(C)(C)C)CCN(CC(=O)OC(C)(C)C)CC1)CC(=O)NCCNC(=O)CN1CCN(CC(=O)OC(C)(C)C)CCN(CC(=O)OC(C)(C)C)CCN(CC(=O)OC(C)(C)C)CC1)C3C. The van der Waals surface area contributed by atoms with Crippen LogP contribution in [0.1, 0.15) is 278 Å². The van der Waals surface area contributed by atoms with Gasteiger partial charge in [0.2, 0.25) is 29.5 Å². The van der Waals surface area contributed by atoms with E-state index in [0.29, 0.717) is 146 Å². The van der Waals surface area contributed by atoms with Crippen LogP contribution in [0.3, 0.4) is 0 Å². The number of nitrogens with one attached hydrogen (secondary N) is 6. The molecule has 1 aliphatic carbocycles. The maximum absolute atomic E-state index is 15.4. The van der Waals surface area contributed by atoms with Crippen molar-refractivity contribution in [1.82, 2.24) is 85.3 Å². The molecule has 3 aromatic heterocycles. The summed E-state index contributed by atoms with van der Waals surface area (Å²) >= 11 is 0. The van der Waals surface area contributed by atoms with E-state index in [2.05, 4.69) is 84.9 Å². The Kier molecular flexibility index (Phi) is 42.8. The highest BCUT2D eigenvalue weighted by molar-refractivity contribution is 6.13. The molecule has 36 heteroatoms. The third-order valence-corrected chi connectivity index (χ3v) is 24.4. The first kappa shape index (κ1) is 115. The maximum atomic E-state index is 15.4. The minimum Gasteiger partial charge on any atom is -0.459 e. The molecule has 3 aromatic rings. The molecule has 2 saturated heterocycles. The van der Waals surface area contributed by atoms with Crippen molar-refractivity contribution in [2.45, 2.75) is 276 Å². The quantitative estimate of drug-likeness (QED) is 0.0178. The van der Waals surface area contributed by atoms with Crippen molar-refractivity contribution in [1.29, 1.82) is 0 Å². The standard InChI is InChI=1S/C103H165N17O19/c1-26-28-29-30-53-133-72(7)94-70(5)78-55-77-69(4)74(96(110-77)75-54-82(121)95-71(6)79(111-97(75)95)56-80-73(27-2)68(3)76(108-80)57-81(94)109-78)31-32-87(126)120(60-85(124)106-35-33-104-83(122)58-112-37-41-114(62-88(127)134-98(8,9)10)45-49-118(66-92(131)138-102(20,21)22)50-46-115(42-38-112)63-89(128)135-99(11,12)13)61-86(125)107-36-34-105-84(123)59-113-39-43-116(64-90(129)136-100(14,15)16)47-51-119(67-93(132)139-103(23,24)25)52-48-117(44-40-113)65-91(130)137-101(17,18)19/h55-57,69,72,74,109,111H,26-54,58-67H2,1-25H3,(H,104,122)(H,105,123)(H,106,124)(H,107,125)/t69?,72?,74-/m0/s1. The zero-order valence-corrected chi connectivity index (χ0v) is 88.2. The van der Waals surface area contributed by atoms with Gasteiger partial charge in [-0.1, -0.05) is 40.0 Å². The molecule has 0 radical (unpaired) electrons. The molecule has 4 aliphatic heterocycles. The Morgan fingerprint density at radius 3 is 1.14 bits per heavy atom. The molecule has 5 amide bonds. The molecule has 2 fully saturated rings. The summed E-state index contributed by atoms with van der Waals surface area (Å²) < 4.78 is 41.1. The van der Waals surface area contributed by atoms with Crippen LogP contribution in [0.15, 0.2) is 18.2 Å². The lowest BCUT2D eigenvalue weighted by molar-refractivity contribution is -0.158. The molecule has 36 nitrogen and oxygen atoms in total. The minimum absolute atomic E-state index is 0.0397. The number of hydrogen-bond donors (Lipinski definition) is 6. The van der Waals surface area contributed by atoms with E-state index >= 15 is 4.79 Å². The first-order valence-corrected chi connectivity index (χ1v) is 50.0. The number of unbranched alkanes of at least 4 members (excludes halogenated alkanes) is 3. The molecule has 776 valence electrons. The Morgan fingerprint density at radius 2 is 0.784 bits per heavy atom. The van der Waals surface area contributed by atoms with Crippen molar-refractivity contribution >= 4 is 104 Å². The van der Waals surface area contributed by atoms with Crippen LogP contribution in [-0.2, 0) is 92.3 Å². The van der Waals surface area contributed by atoms with E-state index in [1.807, 2.05) is 52.2 Å².